The number of rotatable bonds is 3. The number of likely N-dealkylation sites (tertiary alicyclic amines) is 1. The smallest absolute Gasteiger partial charge is 0.329 e. The van der Waals surface area contributed by atoms with E-state index >= 15 is 0 Å². The molecular weight excluding hydrogens is 358 g/mol. The highest BCUT2D eigenvalue weighted by molar-refractivity contribution is 5.97. The molecule has 0 spiro atoms. The number of aromatic nitrogens is 3. The van der Waals surface area contributed by atoms with Crippen molar-refractivity contribution >= 4 is 16.9 Å². The van der Waals surface area contributed by atoms with Gasteiger partial charge < -0.3 is 10.6 Å². The number of pyridine rings is 1. The van der Waals surface area contributed by atoms with E-state index in [1.165, 1.54) is 23.9 Å². The number of benzene rings is 1. The minimum atomic E-state index is -0.552. The first-order chi connectivity index (χ1) is 13.5. The lowest BCUT2D eigenvalue weighted by Crippen LogP contribution is -2.31. The molecule has 28 heavy (non-hydrogen) atoms. The molecular formula is C20H21N5O3. The molecule has 144 valence electrons. The third kappa shape index (κ3) is 3.01. The molecule has 0 aliphatic carbocycles. The first-order valence-corrected chi connectivity index (χ1v) is 9.13. The number of H-pyrrole nitrogens is 1. The number of nitrogens with one attached hydrogen (secondary N) is 1. The van der Waals surface area contributed by atoms with E-state index in [9.17, 15) is 14.4 Å². The molecule has 3 heterocycles. The van der Waals surface area contributed by atoms with Gasteiger partial charge in [-0.1, -0.05) is 30.3 Å². The molecule has 3 N–H and O–H groups in total. The van der Waals surface area contributed by atoms with E-state index in [1.807, 2.05) is 18.2 Å². The van der Waals surface area contributed by atoms with E-state index in [2.05, 4.69) is 22.1 Å². The van der Waals surface area contributed by atoms with Gasteiger partial charge in [0, 0.05) is 32.3 Å². The highest BCUT2D eigenvalue weighted by atomic mass is 16.2. The second-order valence-corrected chi connectivity index (χ2v) is 7.14. The van der Waals surface area contributed by atoms with Crippen LogP contribution in [0.25, 0.3) is 11.0 Å². The third-order valence-electron chi connectivity index (χ3n) is 5.46. The Morgan fingerprint density at radius 1 is 1.25 bits per heavy atom. The van der Waals surface area contributed by atoms with Crippen LogP contribution >= 0.6 is 0 Å². The first-order valence-electron chi connectivity index (χ1n) is 9.13. The van der Waals surface area contributed by atoms with Crippen LogP contribution in [0, 0.1) is 5.92 Å². The normalized spacial score (nSPS) is 19.3. The Hall–Kier alpha value is -3.26. The van der Waals surface area contributed by atoms with E-state index in [0.29, 0.717) is 25.2 Å². The zero-order valence-corrected chi connectivity index (χ0v) is 15.5. The zero-order valence-electron chi connectivity index (χ0n) is 15.5. The van der Waals surface area contributed by atoms with Crippen molar-refractivity contribution in [3.8, 4) is 0 Å². The number of nitrogens with zero attached hydrogens (tertiary/aromatic N) is 3. The van der Waals surface area contributed by atoms with Crippen molar-refractivity contribution in [3.63, 3.8) is 0 Å². The standard InChI is InChI=1S/C20H21N5O3/c1-24-17-15(18(26)23-20(24)28)7-13(9-22-17)19(27)25-10-14(8-21)16(11-25)12-5-3-2-4-6-12/h2-7,9,14,16H,8,10-11,21H2,1H3,(H,23,26,28)/t14-,16+/m1/s1. The molecule has 0 unspecified atom stereocenters. The number of carbonyl (C=O) groups is 1. The maximum Gasteiger partial charge on any atom is 0.329 e. The van der Waals surface area contributed by atoms with Crippen LogP contribution < -0.4 is 17.0 Å². The summed E-state index contributed by atoms with van der Waals surface area (Å²) in [4.78, 5) is 45.1. The number of fused-ring (bicyclic) bond motifs is 1. The van der Waals surface area contributed by atoms with E-state index < -0.39 is 11.2 Å². The topological polar surface area (TPSA) is 114 Å². The first kappa shape index (κ1) is 18.1. The SMILES string of the molecule is Cn1c(=O)[nH]c(=O)c2cc(C(=O)N3C[C@@H](CN)[C@H](c4ccccc4)C3)cnc21. The quantitative estimate of drug-likeness (QED) is 0.685. The summed E-state index contributed by atoms with van der Waals surface area (Å²) in [5.74, 6) is 0.149. The van der Waals surface area contributed by atoms with Crippen LogP contribution in [-0.2, 0) is 7.05 Å². The van der Waals surface area contributed by atoms with Gasteiger partial charge >= 0.3 is 5.69 Å². The number of aryl methyl sites for hydroxylation is 1. The van der Waals surface area contributed by atoms with Crippen LogP contribution in [0.4, 0.5) is 0 Å². The third-order valence-corrected chi connectivity index (χ3v) is 5.46. The zero-order chi connectivity index (χ0) is 19.8. The second-order valence-electron chi connectivity index (χ2n) is 7.14. The predicted octanol–water partition coefficient (Wildman–Crippen LogP) is 0.436. The summed E-state index contributed by atoms with van der Waals surface area (Å²) in [7, 11) is 1.52. The highest BCUT2D eigenvalue weighted by Crippen LogP contribution is 2.32. The molecule has 2 atom stereocenters. The largest absolute Gasteiger partial charge is 0.338 e. The molecule has 0 saturated carbocycles. The molecule has 8 nitrogen and oxygen atoms in total. The molecule has 1 saturated heterocycles. The Morgan fingerprint density at radius 3 is 2.71 bits per heavy atom. The minimum Gasteiger partial charge on any atom is -0.338 e. The van der Waals surface area contributed by atoms with Gasteiger partial charge in [0.2, 0.25) is 0 Å². The lowest BCUT2D eigenvalue weighted by molar-refractivity contribution is 0.0786. The molecule has 1 amide bonds. The molecule has 1 fully saturated rings. The van der Waals surface area contributed by atoms with Gasteiger partial charge in [-0.25, -0.2) is 9.78 Å². The summed E-state index contributed by atoms with van der Waals surface area (Å²) >= 11 is 0. The van der Waals surface area contributed by atoms with Crippen LogP contribution in [0.2, 0.25) is 0 Å². The summed E-state index contributed by atoms with van der Waals surface area (Å²) in [5, 5.41) is 0.210. The Kier molecular flexibility index (Phi) is 4.56. The molecule has 1 aliphatic heterocycles. The number of nitrogens with two attached hydrogens (primary N) is 1. The van der Waals surface area contributed by atoms with Gasteiger partial charge in [-0.2, -0.15) is 0 Å². The van der Waals surface area contributed by atoms with Crippen LogP contribution in [0.3, 0.4) is 0 Å². The van der Waals surface area contributed by atoms with Gasteiger partial charge in [-0.3, -0.25) is 19.1 Å². The molecule has 8 heteroatoms. The molecule has 4 rings (SSSR count). The fourth-order valence-corrected chi connectivity index (χ4v) is 3.89. The van der Waals surface area contributed by atoms with E-state index in [0.717, 1.165) is 5.56 Å². The van der Waals surface area contributed by atoms with Crippen molar-refractivity contribution in [2.24, 2.45) is 18.7 Å². The summed E-state index contributed by atoms with van der Waals surface area (Å²) in [5.41, 5.74) is 6.59. The lowest BCUT2D eigenvalue weighted by atomic mass is 9.89. The summed E-state index contributed by atoms with van der Waals surface area (Å²) in [6.45, 7) is 1.60. The van der Waals surface area contributed by atoms with Gasteiger partial charge in [-0.05, 0) is 24.1 Å². The number of carbonyl (C=O) groups excluding carboxylic acids is 1. The van der Waals surface area contributed by atoms with E-state index in [4.69, 9.17) is 5.73 Å². The molecule has 1 aliphatic rings. The van der Waals surface area contributed by atoms with Crippen molar-refractivity contribution in [2.75, 3.05) is 19.6 Å². The second kappa shape index (κ2) is 7.05. The van der Waals surface area contributed by atoms with Crippen molar-refractivity contribution < 1.29 is 4.79 Å². The van der Waals surface area contributed by atoms with Crippen molar-refractivity contribution in [3.05, 3.63) is 74.6 Å². The van der Waals surface area contributed by atoms with Gasteiger partial charge in [0.15, 0.2) is 0 Å². The van der Waals surface area contributed by atoms with Crippen LogP contribution in [0.15, 0.2) is 52.2 Å². The Morgan fingerprint density at radius 2 is 2.00 bits per heavy atom. The molecule has 3 aromatic rings. The Balaban J connectivity index is 1.66. The van der Waals surface area contributed by atoms with Gasteiger partial charge in [0.05, 0.1) is 10.9 Å². The molecule has 1 aromatic carbocycles. The van der Waals surface area contributed by atoms with Gasteiger partial charge in [-0.15, -0.1) is 0 Å². The molecule has 0 bridgehead atoms. The van der Waals surface area contributed by atoms with E-state index in [1.54, 1.807) is 4.90 Å². The Labute approximate surface area is 160 Å². The van der Waals surface area contributed by atoms with Gasteiger partial charge in [0.1, 0.15) is 5.65 Å². The van der Waals surface area contributed by atoms with Gasteiger partial charge in [0.25, 0.3) is 11.5 Å². The van der Waals surface area contributed by atoms with Crippen LogP contribution in [-0.4, -0.2) is 45.0 Å². The summed E-state index contributed by atoms with van der Waals surface area (Å²) < 4.78 is 1.25. The molecule has 0 radical (unpaired) electrons. The van der Waals surface area contributed by atoms with Crippen LogP contribution in [0.1, 0.15) is 21.8 Å². The fourth-order valence-electron chi connectivity index (χ4n) is 3.89. The maximum absolute atomic E-state index is 13.1. The highest BCUT2D eigenvalue weighted by Gasteiger charge is 2.35. The lowest BCUT2D eigenvalue weighted by Gasteiger charge is -2.17. The summed E-state index contributed by atoms with van der Waals surface area (Å²) in [6, 6.07) is 11.5. The number of hydrogen-bond acceptors (Lipinski definition) is 5. The van der Waals surface area contributed by atoms with Crippen molar-refractivity contribution in [2.45, 2.75) is 5.92 Å². The average Bonchev–Trinajstić information content (AvgIpc) is 3.16. The monoisotopic (exact) mass is 379 g/mol. The minimum absolute atomic E-state index is 0.170. The van der Waals surface area contributed by atoms with Crippen molar-refractivity contribution in [1.29, 1.82) is 0 Å². The Bertz CT molecular complexity index is 1150. The van der Waals surface area contributed by atoms with E-state index in [-0.39, 0.29) is 28.8 Å². The maximum atomic E-state index is 13.1. The number of hydrogen-bond donors (Lipinski definition) is 2. The number of aromatic amines is 1. The fraction of sp³-hybridized carbons (Fsp3) is 0.300. The van der Waals surface area contributed by atoms with Crippen molar-refractivity contribution in [1.82, 2.24) is 19.4 Å². The predicted molar refractivity (Wildman–Crippen MR) is 105 cm³/mol. The molecule has 2 aromatic heterocycles. The van der Waals surface area contributed by atoms with Crippen LogP contribution in [0.5, 0.6) is 0 Å². The summed E-state index contributed by atoms with van der Waals surface area (Å²) in [6.07, 6.45) is 1.41. The number of amides is 1. The average molecular weight is 379 g/mol.